The molecule has 1 aliphatic rings. The molecule has 1 fully saturated rings. The highest BCUT2D eigenvalue weighted by Gasteiger charge is 2.50. The molecule has 106 valence electrons. The molecule has 1 N–H and O–H groups in total. The van der Waals surface area contributed by atoms with E-state index in [0.717, 1.165) is 12.5 Å². The van der Waals surface area contributed by atoms with E-state index < -0.39 is 0 Å². The lowest BCUT2D eigenvalue weighted by Gasteiger charge is -2.23. The molecular weight excluding hydrogens is 230 g/mol. The molecule has 2 atom stereocenters. The summed E-state index contributed by atoms with van der Waals surface area (Å²) in [6.45, 7) is 14.8. The fraction of sp³-hybridized carbons (Fsp3) is 0.667. The van der Waals surface area contributed by atoms with Gasteiger partial charge in [0.25, 0.3) is 0 Å². The van der Waals surface area contributed by atoms with Crippen LogP contribution in [0, 0.1) is 11.3 Å². The number of nitrogens with one attached hydrogen (secondary N) is 1. The topological polar surface area (TPSA) is 12.0 Å². The molecule has 1 aromatic carbocycles. The van der Waals surface area contributed by atoms with E-state index in [-0.39, 0.29) is 5.41 Å². The van der Waals surface area contributed by atoms with E-state index in [0.29, 0.717) is 11.5 Å². The fourth-order valence-corrected chi connectivity index (χ4v) is 2.98. The number of hydrogen-bond acceptors (Lipinski definition) is 1. The summed E-state index contributed by atoms with van der Waals surface area (Å²) in [6.07, 6.45) is 1.34. The first-order valence-electron chi connectivity index (χ1n) is 7.59. The predicted octanol–water partition coefficient (Wildman–Crippen LogP) is 4.68. The monoisotopic (exact) mass is 259 g/mol. The summed E-state index contributed by atoms with van der Waals surface area (Å²) in [6, 6.07) is 9.77. The lowest BCUT2D eigenvalue weighted by atomic mass is 9.85. The van der Waals surface area contributed by atoms with Crippen molar-refractivity contribution in [2.45, 2.75) is 59.4 Å². The van der Waals surface area contributed by atoms with Gasteiger partial charge < -0.3 is 5.32 Å². The van der Waals surface area contributed by atoms with E-state index in [4.69, 9.17) is 0 Å². The van der Waals surface area contributed by atoms with Crippen LogP contribution in [-0.4, -0.2) is 6.54 Å². The van der Waals surface area contributed by atoms with Crippen molar-refractivity contribution in [2.24, 2.45) is 11.3 Å². The van der Waals surface area contributed by atoms with Gasteiger partial charge in [-0.1, -0.05) is 65.8 Å². The van der Waals surface area contributed by atoms with Crippen molar-refractivity contribution in [2.75, 3.05) is 6.54 Å². The summed E-state index contributed by atoms with van der Waals surface area (Å²) in [5.74, 6) is 0.785. The minimum atomic E-state index is 0.241. The van der Waals surface area contributed by atoms with Crippen LogP contribution < -0.4 is 5.32 Å². The van der Waals surface area contributed by atoms with Crippen molar-refractivity contribution in [3.8, 4) is 0 Å². The van der Waals surface area contributed by atoms with E-state index in [1.807, 2.05) is 0 Å². The Labute approximate surface area is 118 Å². The first-order chi connectivity index (χ1) is 8.75. The Morgan fingerprint density at radius 2 is 1.74 bits per heavy atom. The fourth-order valence-electron chi connectivity index (χ4n) is 2.98. The van der Waals surface area contributed by atoms with Crippen molar-refractivity contribution in [1.82, 2.24) is 5.32 Å². The van der Waals surface area contributed by atoms with Crippen LogP contribution in [0.5, 0.6) is 0 Å². The molecule has 1 nitrogen and oxygen atoms in total. The van der Waals surface area contributed by atoms with Crippen LogP contribution >= 0.6 is 0 Å². The summed E-state index contributed by atoms with van der Waals surface area (Å²) in [5.41, 5.74) is 3.62. The molecule has 1 aromatic rings. The SMILES string of the molecule is CCNC(c1ccc(C(C)(C)C)cc1)C1CC1(C)C. The molecule has 0 amide bonds. The third-order valence-electron chi connectivity index (χ3n) is 4.55. The van der Waals surface area contributed by atoms with Crippen molar-refractivity contribution in [3.05, 3.63) is 35.4 Å². The second kappa shape index (κ2) is 4.94. The van der Waals surface area contributed by atoms with Gasteiger partial charge in [-0.05, 0) is 40.8 Å². The normalized spacial score (nSPS) is 23.2. The Bertz CT molecular complexity index is 422. The van der Waals surface area contributed by atoms with E-state index in [9.17, 15) is 0 Å². The van der Waals surface area contributed by atoms with Gasteiger partial charge in [-0.15, -0.1) is 0 Å². The van der Waals surface area contributed by atoms with Crippen LogP contribution in [0.15, 0.2) is 24.3 Å². The zero-order valence-corrected chi connectivity index (χ0v) is 13.4. The molecule has 0 heterocycles. The van der Waals surface area contributed by atoms with Crippen molar-refractivity contribution in [3.63, 3.8) is 0 Å². The number of hydrogen-bond donors (Lipinski definition) is 1. The first-order valence-corrected chi connectivity index (χ1v) is 7.59. The molecule has 1 heteroatoms. The van der Waals surface area contributed by atoms with E-state index in [1.165, 1.54) is 17.5 Å². The second-order valence-electron chi connectivity index (χ2n) is 7.71. The maximum absolute atomic E-state index is 3.67. The number of benzene rings is 1. The van der Waals surface area contributed by atoms with Gasteiger partial charge in [-0.25, -0.2) is 0 Å². The summed E-state index contributed by atoms with van der Waals surface area (Å²) < 4.78 is 0. The maximum Gasteiger partial charge on any atom is 0.0353 e. The van der Waals surface area contributed by atoms with Gasteiger partial charge in [0.05, 0.1) is 0 Å². The summed E-state index contributed by atoms with van der Waals surface area (Å²) in [5, 5.41) is 3.67. The van der Waals surface area contributed by atoms with Gasteiger partial charge in [-0.3, -0.25) is 0 Å². The molecule has 2 unspecified atom stereocenters. The lowest BCUT2D eigenvalue weighted by molar-refractivity contribution is 0.423. The Hall–Kier alpha value is -0.820. The molecule has 2 rings (SSSR count). The Kier molecular flexibility index (Phi) is 3.79. The quantitative estimate of drug-likeness (QED) is 0.827. The minimum absolute atomic E-state index is 0.241. The summed E-state index contributed by atoms with van der Waals surface area (Å²) in [4.78, 5) is 0. The highest BCUT2D eigenvalue weighted by Crippen LogP contribution is 2.57. The molecule has 19 heavy (non-hydrogen) atoms. The van der Waals surface area contributed by atoms with Crippen LogP contribution in [0.1, 0.15) is 65.1 Å². The Morgan fingerprint density at radius 3 is 2.11 bits per heavy atom. The van der Waals surface area contributed by atoms with Crippen LogP contribution in [-0.2, 0) is 5.41 Å². The smallest absolute Gasteiger partial charge is 0.0353 e. The highest BCUT2D eigenvalue weighted by molar-refractivity contribution is 5.30. The Morgan fingerprint density at radius 1 is 1.21 bits per heavy atom. The van der Waals surface area contributed by atoms with Crippen LogP contribution in [0.25, 0.3) is 0 Å². The molecule has 0 aliphatic heterocycles. The Balaban J connectivity index is 2.19. The zero-order valence-electron chi connectivity index (χ0n) is 13.4. The second-order valence-corrected chi connectivity index (χ2v) is 7.71. The lowest BCUT2D eigenvalue weighted by Crippen LogP contribution is -2.24. The van der Waals surface area contributed by atoms with Crippen molar-refractivity contribution in [1.29, 1.82) is 0 Å². The molecule has 0 saturated heterocycles. The average molecular weight is 259 g/mol. The molecule has 0 aromatic heterocycles. The van der Waals surface area contributed by atoms with Gasteiger partial charge >= 0.3 is 0 Å². The van der Waals surface area contributed by atoms with E-state index in [2.05, 4.69) is 71.1 Å². The molecule has 0 spiro atoms. The van der Waals surface area contributed by atoms with Crippen molar-refractivity contribution < 1.29 is 0 Å². The predicted molar refractivity (Wildman–Crippen MR) is 83.4 cm³/mol. The molecule has 0 bridgehead atoms. The van der Waals surface area contributed by atoms with Gasteiger partial charge in [0, 0.05) is 6.04 Å². The minimum Gasteiger partial charge on any atom is -0.310 e. The molecule has 0 radical (unpaired) electrons. The van der Waals surface area contributed by atoms with Crippen LogP contribution in [0.3, 0.4) is 0 Å². The van der Waals surface area contributed by atoms with Gasteiger partial charge in [0.15, 0.2) is 0 Å². The first kappa shape index (κ1) is 14.6. The molecule has 1 aliphatic carbocycles. The largest absolute Gasteiger partial charge is 0.310 e. The van der Waals surface area contributed by atoms with Crippen molar-refractivity contribution >= 4 is 0 Å². The van der Waals surface area contributed by atoms with Gasteiger partial charge in [-0.2, -0.15) is 0 Å². The van der Waals surface area contributed by atoms with Crippen LogP contribution in [0.4, 0.5) is 0 Å². The highest BCUT2D eigenvalue weighted by atomic mass is 14.9. The van der Waals surface area contributed by atoms with Gasteiger partial charge in [0.1, 0.15) is 0 Å². The molecular formula is C18H29N. The zero-order chi connectivity index (χ0) is 14.3. The van der Waals surface area contributed by atoms with E-state index >= 15 is 0 Å². The summed E-state index contributed by atoms with van der Waals surface area (Å²) >= 11 is 0. The van der Waals surface area contributed by atoms with Gasteiger partial charge in [0.2, 0.25) is 0 Å². The molecule has 1 saturated carbocycles. The maximum atomic E-state index is 3.67. The third kappa shape index (κ3) is 3.20. The summed E-state index contributed by atoms with van der Waals surface area (Å²) in [7, 11) is 0. The van der Waals surface area contributed by atoms with E-state index in [1.54, 1.807) is 0 Å². The third-order valence-corrected chi connectivity index (χ3v) is 4.55. The standard InChI is InChI=1S/C18H29N/c1-7-19-16(15-12-18(15,5)6)13-8-10-14(11-9-13)17(2,3)4/h8-11,15-16,19H,7,12H2,1-6H3. The van der Waals surface area contributed by atoms with Crippen LogP contribution in [0.2, 0.25) is 0 Å². The number of rotatable bonds is 4. The average Bonchev–Trinajstić information content (AvgIpc) is 2.94.